The van der Waals surface area contributed by atoms with Crippen molar-refractivity contribution in [1.82, 2.24) is 10.2 Å². The van der Waals surface area contributed by atoms with Crippen LogP contribution in [0.1, 0.15) is 34.6 Å². The number of rotatable bonds is 8. The number of likely N-dealkylation sites (tertiary alicyclic amines) is 1. The summed E-state index contributed by atoms with van der Waals surface area (Å²) in [4.78, 5) is 14.7. The van der Waals surface area contributed by atoms with Gasteiger partial charge in [-0.2, -0.15) is 0 Å². The molecular formula is C16H33ClN2O3. The lowest BCUT2D eigenvalue weighted by molar-refractivity contribution is -0.140. The maximum Gasteiger partial charge on any atom is 0.251 e. The Balaban J connectivity index is 0.00000441. The number of halogens is 1. The van der Waals surface area contributed by atoms with Crippen LogP contribution < -0.4 is 5.32 Å². The highest BCUT2D eigenvalue weighted by Gasteiger charge is 2.38. The van der Waals surface area contributed by atoms with E-state index in [1.165, 1.54) is 0 Å². The normalized spacial score (nSPS) is 22.7. The van der Waals surface area contributed by atoms with E-state index in [4.69, 9.17) is 9.47 Å². The van der Waals surface area contributed by atoms with E-state index in [-0.39, 0.29) is 24.4 Å². The minimum absolute atomic E-state index is 0. The molecule has 0 unspecified atom stereocenters. The Morgan fingerprint density at radius 3 is 2.50 bits per heavy atom. The van der Waals surface area contributed by atoms with Crippen molar-refractivity contribution in [3.8, 4) is 0 Å². The van der Waals surface area contributed by atoms with Gasteiger partial charge in [-0.05, 0) is 32.6 Å². The summed E-state index contributed by atoms with van der Waals surface area (Å²) in [6.07, 6.45) is 0. The Morgan fingerprint density at radius 2 is 2.00 bits per heavy atom. The molecule has 1 heterocycles. The Kier molecular flexibility index (Phi) is 9.55. The average molecular weight is 337 g/mol. The van der Waals surface area contributed by atoms with E-state index in [9.17, 15) is 4.79 Å². The van der Waals surface area contributed by atoms with Crippen LogP contribution in [0.2, 0.25) is 0 Å². The molecule has 0 spiro atoms. The number of amides is 1. The van der Waals surface area contributed by atoms with E-state index in [0.29, 0.717) is 11.8 Å². The van der Waals surface area contributed by atoms with Gasteiger partial charge in [-0.15, -0.1) is 12.4 Å². The zero-order chi connectivity index (χ0) is 16.0. The summed E-state index contributed by atoms with van der Waals surface area (Å²) in [5.74, 6) is 0.980. The molecule has 0 aromatic heterocycles. The SMILES string of the molecule is CCOCCN1C[C@H](NC(=O)C(C)(C)OC)[C@@H](C(C)C)C1.Cl. The van der Waals surface area contributed by atoms with Crippen molar-refractivity contribution >= 4 is 18.3 Å². The van der Waals surface area contributed by atoms with Gasteiger partial charge in [-0.1, -0.05) is 13.8 Å². The molecule has 1 saturated heterocycles. The second kappa shape index (κ2) is 9.71. The summed E-state index contributed by atoms with van der Waals surface area (Å²) in [6, 6.07) is 0.188. The largest absolute Gasteiger partial charge is 0.380 e. The molecule has 0 aromatic carbocycles. The number of hydrogen-bond acceptors (Lipinski definition) is 4. The molecule has 1 rings (SSSR count). The van der Waals surface area contributed by atoms with Crippen LogP contribution in [0.5, 0.6) is 0 Å². The third kappa shape index (κ3) is 6.03. The summed E-state index contributed by atoms with van der Waals surface area (Å²) in [5, 5.41) is 3.18. The molecule has 0 radical (unpaired) electrons. The van der Waals surface area contributed by atoms with Crippen LogP contribution in [-0.2, 0) is 14.3 Å². The summed E-state index contributed by atoms with van der Waals surface area (Å²) in [5.41, 5.74) is -0.778. The summed E-state index contributed by atoms with van der Waals surface area (Å²) >= 11 is 0. The third-order valence-electron chi connectivity index (χ3n) is 4.43. The van der Waals surface area contributed by atoms with Gasteiger partial charge in [0.25, 0.3) is 5.91 Å². The van der Waals surface area contributed by atoms with E-state index in [1.807, 2.05) is 6.92 Å². The average Bonchev–Trinajstić information content (AvgIpc) is 2.82. The van der Waals surface area contributed by atoms with Crippen molar-refractivity contribution in [3.05, 3.63) is 0 Å². The molecule has 6 heteroatoms. The standard InChI is InChI=1S/C16H32N2O3.ClH/c1-7-21-9-8-18-10-13(12(2)3)14(11-18)17-15(19)16(4,5)20-6;/h12-14H,7-11H2,1-6H3,(H,17,19);1H/t13-,14+;/m1./s1. The first-order valence-corrected chi connectivity index (χ1v) is 7.98. The zero-order valence-corrected chi connectivity index (χ0v) is 15.7. The molecule has 0 aromatic rings. The van der Waals surface area contributed by atoms with Gasteiger partial charge in [0.2, 0.25) is 0 Å². The van der Waals surface area contributed by atoms with Gasteiger partial charge in [-0.25, -0.2) is 0 Å². The Morgan fingerprint density at radius 1 is 1.36 bits per heavy atom. The third-order valence-corrected chi connectivity index (χ3v) is 4.43. The number of nitrogens with zero attached hydrogens (tertiary/aromatic N) is 1. The topological polar surface area (TPSA) is 50.8 Å². The fraction of sp³-hybridized carbons (Fsp3) is 0.938. The van der Waals surface area contributed by atoms with Crippen molar-refractivity contribution in [2.45, 2.75) is 46.3 Å². The summed E-state index contributed by atoms with van der Waals surface area (Å²) in [7, 11) is 1.57. The van der Waals surface area contributed by atoms with Crippen LogP contribution >= 0.6 is 12.4 Å². The van der Waals surface area contributed by atoms with Crippen LogP contribution in [0.15, 0.2) is 0 Å². The molecule has 2 atom stereocenters. The molecular weight excluding hydrogens is 304 g/mol. The molecule has 22 heavy (non-hydrogen) atoms. The smallest absolute Gasteiger partial charge is 0.251 e. The molecule has 1 aliphatic rings. The van der Waals surface area contributed by atoms with Gasteiger partial charge in [0.1, 0.15) is 5.60 Å². The Hall–Kier alpha value is -0.360. The summed E-state index contributed by atoms with van der Waals surface area (Å²) in [6.45, 7) is 14.4. The highest BCUT2D eigenvalue weighted by atomic mass is 35.5. The zero-order valence-electron chi connectivity index (χ0n) is 14.8. The number of methoxy groups -OCH3 is 1. The highest BCUT2D eigenvalue weighted by molar-refractivity contribution is 5.85. The van der Waals surface area contributed by atoms with E-state index >= 15 is 0 Å². The van der Waals surface area contributed by atoms with Crippen LogP contribution in [0.4, 0.5) is 0 Å². The van der Waals surface area contributed by atoms with Crippen LogP contribution in [0, 0.1) is 11.8 Å². The van der Waals surface area contributed by atoms with Crippen molar-refractivity contribution in [2.24, 2.45) is 11.8 Å². The lowest BCUT2D eigenvalue weighted by Gasteiger charge is -2.28. The second-order valence-electron chi connectivity index (χ2n) is 6.66. The molecule has 1 aliphatic heterocycles. The van der Waals surface area contributed by atoms with Crippen LogP contribution in [0.25, 0.3) is 0 Å². The molecule has 1 amide bonds. The monoisotopic (exact) mass is 336 g/mol. The van der Waals surface area contributed by atoms with Gasteiger partial charge >= 0.3 is 0 Å². The molecule has 1 fully saturated rings. The molecule has 0 aliphatic carbocycles. The van der Waals surface area contributed by atoms with Gasteiger partial charge in [0.05, 0.1) is 6.61 Å². The number of hydrogen-bond donors (Lipinski definition) is 1. The molecule has 0 saturated carbocycles. The lowest BCUT2D eigenvalue weighted by Crippen LogP contribution is -2.51. The van der Waals surface area contributed by atoms with Crippen molar-refractivity contribution < 1.29 is 14.3 Å². The maximum absolute atomic E-state index is 12.3. The van der Waals surface area contributed by atoms with E-state index in [2.05, 4.69) is 24.1 Å². The minimum Gasteiger partial charge on any atom is -0.380 e. The van der Waals surface area contributed by atoms with Gasteiger partial charge in [0, 0.05) is 39.4 Å². The quantitative estimate of drug-likeness (QED) is 0.688. The van der Waals surface area contributed by atoms with Gasteiger partial charge in [-0.3, -0.25) is 9.69 Å². The van der Waals surface area contributed by atoms with Crippen LogP contribution in [-0.4, -0.2) is 62.4 Å². The van der Waals surface area contributed by atoms with Crippen molar-refractivity contribution in [3.63, 3.8) is 0 Å². The summed E-state index contributed by atoms with van der Waals surface area (Å²) < 4.78 is 10.7. The number of carbonyl (C=O) groups is 1. The van der Waals surface area contributed by atoms with Crippen LogP contribution in [0.3, 0.4) is 0 Å². The number of nitrogens with one attached hydrogen (secondary N) is 1. The molecule has 1 N–H and O–H groups in total. The minimum atomic E-state index is -0.778. The molecule has 132 valence electrons. The molecule has 5 nitrogen and oxygen atoms in total. The Bertz CT molecular complexity index is 337. The predicted octanol–water partition coefficient (Wildman–Crippen LogP) is 1.94. The number of carbonyl (C=O) groups excluding carboxylic acids is 1. The first-order valence-electron chi connectivity index (χ1n) is 7.98. The lowest BCUT2D eigenvalue weighted by atomic mass is 9.91. The molecule has 0 bridgehead atoms. The maximum atomic E-state index is 12.3. The second-order valence-corrected chi connectivity index (χ2v) is 6.66. The van der Waals surface area contributed by atoms with Gasteiger partial charge < -0.3 is 14.8 Å². The fourth-order valence-electron chi connectivity index (χ4n) is 2.70. The Labute approximate surface area is 141 Å². The van der Waals surface area contributed by atoms with E-state index in [0.717, 1.165) is 32.8 Å². The van der Waals surface area contributed by atoms with Crippen molar-refractivity contribution in [2.75, 3.05) is 40.0 Å². The van der Waals surface area contributed by atoms with E-state index < -0.39 is 5.60 Å². The highest BCUT2D eigenvalue weighted by Crippen LogP contribution is 2.25. The van der Waals surface area contributed by atoms with Crippen molar-refractivity contribution in [1.29, 1.82) is 0 Å². The predicted molar refractivity (Wildman–Crippen MR) is 91.5 cm³/mol. The first kappa shape index (κ1) is 21.6. The first-order chi connectivity index (χ1) is 9.81. The van der Waals surface area contributed by atoms with E-state index in [1.54, 1.807) is 21.0 Å². The van der Waals surface area contributed by atoms with Gasteiger partial charge in [0.15, 0.2) is 0 Å². The number of ether oxygens (including phenoxy) is 2. The fourth-order valence-corrected chi connectivity index (χ4v) is 2.70.